The first kappa shape index (κ1) is 42.9. The molecule has 0 aliphatic carbocycles. The maximum absolute atomic E-state index is 12.8. The van der Waals surface area contributed by atoms with Crippen molar-refractivity contribution in [3.05, 3.63) is 128 Å². The van der Waals surface area contributed by atoms with E-state index >= 15 is 0 Å². The second-order valence-electron chi connectivity index (χ2n) is 17.2. The number of hydrogen-bond acceptors (Lipinski definition) is 10. The molecule has 4 aliphatic heterocycles. The predicted molar refractivity (Wildman–Crippen MR) is 237 cm³/mol. The van der Waals surface area contributed by atoms with Gasteiger partial charge in [-0.15, -0.1) is 11.6 Å². The van der Waals surface area contributed by atoms with Crippen molar-refractivity contribution < 1.29 is 9.47 Å². The zero-order valence-electron chi connectivity index (χ0n) is 35.7. The fourth-order valence-electron chi connectivity index (χ4n) is 9.18. The number of rotatable bonds is 7. The van der Waals surface area contributed by atoms with Gasteiger partial charge in [0.15, 0.2) is 11.0 Å². The van der Waals surface area contributed by atoms with Gasteiger partial charge in [0.2, 0.25) is 0 Å². The molecule has 324 valence electrons. The number of likely N-dealkylation sites (tertiary alicyclic amines) is 1. The molecule has 10 rings (SSSR count). The van der Waals surface area contributed by atoms with Crippen molar-refractivity contribution in [3.63, 3.8) is 0 Å². The van der Waals surface area contributed by atoms with E-state index in [2.05, 4.69) is 81.3 Å². The summed E-state index contributed by atoms with van der Waals surface area (Å²) in [5, 5.41) is 13.1. The van der Waals surface area contributed by atoms with Crippen LogP contribution in [0.3, 0.4) is 0 Å². The van der Waals surface area contributed by atoms with Gasteiger partial charge in [0.05, 0.1) is 17.8 Å². The Morgan fingerprint density at radius 3 is 1.61 bits per heavy atom. The second kappa shape index (κ2) is 19.5. The molecule has 4 saturated heterocycles. The van der Waals surface area contributed by atoms with Crippen LogP contribution in [0.4, 0.5) is 0 Å². The summed E-state index contributed by atoms with van der Waals surface area (Å²) in [4.78, 5) is 42.7. The molecule has 4 aliphatic rings. The van der Waals surface area contributed by atoms with Crippen molar-refractivity contribution in [1.29, 1.82) is 0 Å². The third-order valence-electron chi connectivity index (χ3n) is 13.0. The minimum Gasteiger partial charge on any atom is -0.381 e. The molecule has 0 amide bonds. The molecule has 4 aromatic heterocycles. The van der Waals surface area contributed by atoms with E-state index in [1.165, 1.54) is 11.1 Å². The van der Waals surface area contributed by atoms with Crippen LogP contribution in [0.1, 0.15) is 123 Å². The number of fused-ring (bicyclic) bond motifs is 2. The Bertz CT molecular complexity index is 2460. The van der Waals surface area contributed by atoms with Gasteiger partial charge in [-0.2, -0.15) is 10.2 Å². The number of H-pyrrole nitrogens is 2. The number of aromatic nitrogens is 8. The van der Waals surface area contributed by atoms with Crippen LogP contribution in [0, 0.1) is 11.8 Å². The molecule has 0 spiro atoms. The quantitative estimate of drug-likeness (QED) is 0.147. The smallest absolute Gasteiger partial charge is 0.276 e. The molecule has 4 fully saturated rings. The highest BCUT2D eigenvalue weighted by molar-refractivity contribution is 6.20. The third kappa shape index (κ3) is 9.68. The summed E-state index contributed by atoms with van der Waals surface area (Å²) < 4.78 is 14.5. The molecule has 3 N–H and O–H groups in total. The molecule has 0 radical (unpaired) electrons. The number of benzene rings is 2. The zero-order valence-corrected chi connectivity index (χ0v) is 36.4. The molecule has 6 aromatic rings. The van der Waals surface area contributed by atoms with Gasteiger partial charge in [-0.25, -0.2) is 19.0 Å². The molecule has 4 unspecified atom stereocenters. The summed E-state index contributed by atoms with van der Waals surface area (Å²) >= 11 is 5.80. The Morgan fingerprint density at radius 2 is 1.15 bits per heavy atom. The van der Waals surface area contributed by atoms with Gasteiger partial charge < -0.3 is 24.8 Å². The Hall–Kier alpha value is -4.73. The van der Waals surface area contributed by atoms with Crippen LogP contribution in [0.5, 0.6) is 0 Å². The highest BCUT2D eigenvalue weighted by Crippen LogP contribution is 2.36. The normalized spacial score (nSPS) is 23.6. The maximum Gasteiger partial charge on any atom is 0.276 e. The number of nitrogens with zero attached hydrogens (tertiary/aromatic N) is 7. The van der Waals surface area contributed by atoms with Crippen LogP contribution >= 0.6 is 11.6 Å². The van der Waals surface area contributed by atoms with Gasteiger partial charge in [0.1, 0.15) is 23.3 Å². The van der Waals surface area contributed by atoms with Crippen molar-refractivity contribution in [2.75, 3.05) is 52.6 Å². The first-order valence-electron chi connectivity index (χ1n) is 22.0. The lowest BCUT2D eigenvalue weighted by atomic mass is 9.97. The summed E-state index contributed by atoms with van der Waals surface area (Å²) in [5.41, 5.74) is 3.35. The van der Waals surface area contributed by atoms with E-state index in [1.807, 2.05) is 37.3 Å². The molecule has 14 nitrogen and oxygen atoms in total. The summed E-state index contributed by atoms with van der Waals surface area (Å²) in [5.74, 6) is 5.25. The number of aromatic amines is 2. The number of imidazole rings is 2. The van der Waals surface area contributed by atoms with Crippen molar-refractivity contribution >= 4 is 22.6 Å². The highest BCUT2D eigenvalue weighted by atomic mass is 35.5. The van der Waals surface area contributed by atoms with Crippen molar-refractivity contribution in [3.8, 4) is 0 Å². The van der Waals surface area contributed by atoms with Crippen LogP contribution < -0.4 is 16.4 Å². The van der Waals surface area contributed by atoms with Crippen LogP contribution in [-0.2, 0) is 9.47 Å². The van der Waals surface area contributed by atoms with Gasteiger partial charge in [-0.3, -0.25) is 14.5 Å². The number of ether oxygens (including phenoxy) is 2. The zero-order chi connectivity index (χ0) is 42.5. The maximum atomic E-state index is 12.8. The topological polar surface area (TPSA) is 160 Å². The van der Waals surface area contributed by atoms with E-state index in [4.69, 9.17) is 31.3 Å². The first-order chi connectivity index (χ1) is 29.7. The van der Waals surface area contributed by atoms with Crippen molar-refractivity contribution in [1.82, 2.24) is 49.4 Å². The molecule has 0 bridgehead atoms. The van der Waals surface area contributed by atoms with E-state index < -0.39 is 0 Å². The average Bonchev–Trinajstić information content (AvgIpc) is 4.11. The molecule has 15 heteroatoms. The Balaban J connectivity index is 0.000000144. The van der Waals surface area contributed by atoms with Gasteiger partial charge in [-0.1, -0.05) is 74.5 Å². The van der Waals surface area contributed by atoms with Crippen LogP contribution in [0.25, 0.3) is 11.0 Å². The molecule has 8 heterocycles. The first-order valence-corrected chi connectivity index (χ1v) is 22.4. The van der Waals surface area contributed by atoms with E-state index in [0.717, 1.165) is 102 Å². The minimum absolute atomic E-state index is 0.102. The number of halogens is 1. The van der Waals surface area contributed by atoms with E-state index in [1.54, 1.807) is 21.4 Å². The summed E-state index contributed by atoms with van der Waals surface area (Å²) in [6, 6.07) is 21.0. The second-order valence-corrected chi connectivity index (χ2v) is 17.8. The largest absolute Gasteiger partial charge is 0.381 e. The molecule has 6 atom stereocenters. The van der Waals surface area contributed by atoms with Crippen molar-refractivity contribution in [2.24, 2.45) is 11.8 Å². The third-order valence-corrected chi connectivity index (χ3v) is 13.3. The van der Waals surface area contributed by atoms with Gasteiger partial charge in [0.25, 0.3) is 11.1 Å². The molecular formula is C46H59ClN10O4. The Morgan fingerprint density at radius 1 is 0.656 bits per heavy atom. The Kier molecular flexibility index (Phi) is 13.8. The molecule has 0 saturated carbocycles. The van der Waals surface area contributed by atoms with E-state index in [0.29, 0.717) is 40.7 Å². The number of nitrogens with one attached hydrogen (secondary N) is 3. The minimum atomic E-state index is -0.104. The molecular weight excluding hydrogens is 792 g/mol. The lowest BCUT2D eigenvalue weighted by Crippen LogP contribution is -2.26. The number of alkyl halides is 1. The van der Waals surface area contributed by atoms with Crippen LogP contribution in [0.2, 0.25) is 0 Å². The molecule has 2 aromatic carbocycles. The summed E-state index contributed by atoms with van der Waals surface area (Å²) in [6.07, 6.45) is 7.00. The van der Waals surface area contributed by atoms with Gasteiger partial charge in [0, 0.05) is 75.8 Å². The van der Waals surface area contributed by atoms with Crippen LogP contribution in [0.15, 0.2) is 82.6 Å². The monoisotopic (exact) mass is 850 g/mol. The fraction of sp³-hybridized carbons (Fsp3) is 0.522. The fourth-order valence-corrected chi connectivity index (χ4v) is 9.33. The summed E-state index contributed by atoms with van der Waals surface area (Å²) in [6.45, 7) is 15.3. The van der Waals surface area contributed by atoms with Crippen LogP contribution in [-0.4, -0.2) is 96.7 Å². The van der Waals surface area contributed by atoms with E-state index in [9.17, 15) is 9.59 Å². The van der Waals surface area contributed by atoms with Gasteiger partial charge in [-0.05, 0) is 69.0 Å². The van der Waals surface area contributed by atoms with Crippen molar-refractivity contribution in [2.45, 2.75) is 88.5 Å². The molecule has 61 heavy (non-hydrogen) atoms. The van der Waals surface area contributed by atoms with E-state index in [-0.39, 0.29) is 28.3 Å². The average molecular weight is 851 g/mol. The predicted octanol–water partition coefficient (Wildman–Crippen LogP) is 6.73. The lowest BCUT2D eigenvalue weighted by molar-refractivity contribution is 0.0831. The SMILES string of the molecule is CC1CN([C@@H](C)c2ccccc2)CC1c1nn2c(C3CCOCC3)ncc2c(=O)[nH]1.CC1CNCC1c1nn2c(C3CCOCC3)ncc2c(=O)[nH]1.C[C@@H](Cl)c1ccccc1. The standard InChI is InChI=1S/C23H29N5O2.C15H21N5O2.C8H9Cl/c1-15-13-27(16(2)17-6-4-3-5-7-17)14-19(15)21-25-23(29)20-12-24-22(28(20)26-21)18-8-10-30-11-9-18;1-9-6-16-7-11(9)13-18-15(21)12-8-17-14(20(12)19-13)10-2-4-22-5-3-10;1-7(9)8-5-3-2-4-6-8/h3-7,12,15-16,18-19H,8-11,13-14H2,1-2H3,(H,25,26,29);8-11,16H,2-7H2,1H3,(H,18,19,21);2-7H,1H3/t15?,16-,19?;;7-/m0.1/s1. The lowest BCUT2D eigenvalue weighted by Gasteiger charge is -2.24. The number of hydrogen-bond donors (Lipinski definition) is 3. The summed E-state index contributed by atoms with van der Waals surface area (Å²) in [7, 11) is 0. The van der Waals surface area contributed by atoms with Gasteiger partial charge >= 0.3 is 0 Å². The Labute approximate surface area is 361 Å². The highest BCUT2D eigenvalue weighted by Gasteiger charge is 2.36.